The first kappa shape index (κ1) is 16.5. The standard InChI is InChI=1S/C21H22N2O3/c1-12-8-15(20-16(9-12)13(2)14(3)23-20)10-22-21(24)19-11-25-17-6-4-5-7-18(17)26-19/h4-9,19,23H,10-11H2,1-3H3,(H,22,24). The molecule has 5 nitrogen and oxygen atoms in total. The topological polar surface area (TPSA) is 63.4 Å². The number of aryl methyl sites for hydroxylation is 3. The van der Waals surface area contributed by atoms with Crippen LogP contribution in [0.1, 0.15) is 22.4 Å². The maximum absolute atomic E-state index is 12.5. The van der Waals surface area contributed by atoms with Crippen LogP contribution in [0, 0.1) is 20.8 Å². The van der Waals surface area contributed by atoms with Gasteiger partial charge in [0, 0.05) is 17.6 Å². The van der Waals surface area contributed by atoms with Gasteiger partial charge in [-0.25, -0.2) is 0 Å². The summed E-state index contributed by atoms with van der Waals surface area (Å²) >= 11 is 0. The van der Waals surface area contributed by atoms with Crippen LogP contribution in [-0.4, -0.2) is 23.6 Å². The lowest BCUT2D eigenvalue weighted by atomic mass is 10.0. The summed E-state index contributed by atoms with van der Waals surface area (Å²) in [5.41, 5.74) is 5.73. The number of nitrogens with one attached hydrogen (secondary N) is 2. The zero-order valence-corrected chi connectivity index (χ0v) is 15.2. The molecule has 1 aliphatic heterocycles. The molecule has 134 valence electrons. The van der Waals surface area contributed by atoms with Gasteiger partial charge in [0.1, 0.15) is 6.61 Å². The Labute approximate surface area is 152 Å². The molecule has 0 bridgehead atoms. The predicted molar refractivity (Wildman–Crippen MR) is 101 cm³/mol. The zero-order chi connectivity index (χ0) is 18.3. The van der Waals surface area contributed by atoms with Crippen molar-refractivity contribution in [3.05, 3.63) is 58.8 Å². The molecule has 0 spiro atoms. The van der Waals surface area contributed by atoms with Crippen LogP contribution in [0.4, 0.5) is 0 Å². The molecule has 0 fully saturated rings. The van der Waals surface area contributed by atoms with Crippen LogP contribution >= 0.6 is 0 Å². The Balaban J connectivity index is 1.50. The number of rotatable bonds is 3. The second-order valence-corrected chi connectivity index (χ2v) is 6.80. The second-order valence-electron chi connectivity index (χ2n) is 6.80. The van der Waals surface area contributed by atoms with Gasteiger partial charge in [-0.3, -0.25) is 4.79 Å². The number of hydrogen-bond acceptors (Lipinski definition) is 3. The van der Waals surface area contributed by atoms with Crippen molar-refractivity contribution in [2.45, 2.75) is 33.4 Å². The second kappa shape index (κ2) is 6.41. The SMILES string of the molecule is Cc1cc(CNC(=O)C2COc3ccccc3O2)c2[nH]c(C)c(C)c2c1. The van der Waals surface area contributed by atoms with Gasteiger partial charge in [0.25, 0.3) is 5.91 Å². The Morgan fingerprint density at radius 1 is 1.19 bits per heavy atom. The molecule has 0 radical (unpaired) electrons. The Bertz CT molecular complexity index is 990. The van der Waals surface area contributed by atoms with Gasteiger partial charge in [-0.2, -0.15) is 0 Å². The lowest BCUT2D eigenvalue weighted by Gasteiger charge is -2.25. The van der Waals surface area contributed by atoms with E-state index in [1.165, 1.54) is 16.5 Å². The first-order valence-corrected chi connectivity index (χ1v) is 8.77. The molecular weight excluding hydrogens is 328 g/mol. The smallest absolute Gasteiger partial charge is 0.264 e. The molecule has 2 heterocycles. The fourth-order valence-corrected chi connectivity index (χ4v) is 3.37. The first-order chi connectivity index (χ1) is 12.5. The number of benzene rings is 2. The Morgan fingerprint density at radius 3 is 2.77 bits per heavy atom. The van der Waals surface area contributed by atoms with Crippen molar-refractivity contribution in [2.75, 3.05) is 6.61 Å². The van der Waals surface area contributed by atoms with Crippen LogP contribution in [0.3, 0.4) is 0 Å². The van der Waals surface area contributed by atoms with Crippen molar-refractivity contribution in [3.8, 4) is 11.5 Å². The number of ether oxygens (including phenoxy) is 2. The van der Waals surface area contributed by atoms with E-state index < -0.39 is 6.10 Å². The van der Waals surface area contributed by atoms with Crippen LogP contribution in [-0.2, 0) is 11.3 Å². The quantitative estimate of drug-likeness (QED) is 0.759. The van der Waals surface area contributed by atoms with E-state index in [0.717, 1.165) is 16.8 Å². The van der Waals surface area contributed by atoms with Gasteiger partial charge >= 0.3 is 0 Å². The minimum absolute atomic E-state index is 0.172. The number of carbonyl (C=O) groups excluding carboxylic acids is 1. The maximum atomic E-state index is 12.5. The average Bonchev–Trinajstić information content (AvgIpc) is 2.93. The molecule has 5 heteroatoms. The minimum atomic E-state index is -0.641. The summed E-state index contributed by atoms with van der Waals surface area (Å²) < 4.78 is 11.4. The van der Waals surface area contributed by atoms with Gasteiger partial charge in [-0.1, -0.05) is 23.8 Å². The highest BCUT2D eigenvalue weighted by atomic mass is 16.6. The average molecular weight is 350 g/mol. The zero-order valence-electron chi connectivity index (χ0n) is 15.2. The predicted octanol–water partition coefficient (Wildman–Crippen LogP) is 3.55. The number of amides is 1. The highest BCUT2D eigenvalue weighted by Crippen LogP contribution is 2.31. The van der Waals surface area contributed by atoms with Crippen LogP contribution in [0.15, 0.2) is 36.4 Å². The van der Waals surface area contributed by atoms with Crippen molar-refractivity contribution in [2.24, 2.45) is 0 Å². The summed E-state index contributed by atoms with van der Waals surface area (Å²) in [6.45, 7) is 6.91. The molecule has 4 rings (SSSR count). The van der Waals surface area contributed by atoms with E-state index in [4.69, 9.17) is 9.47 Å². The molecule has 1 atom stereocenters. The molecule has 0 saturated carbocycles. The molecule has 1 unspecified atom stereocenters. The molecule has 1 amide bonds. The third kappa shape index (κ3) is 2.90. The molecule has 2 N–H and O–H groups in total. The largest absolute Gasteiger partial charge is 0.485 e. The van der Waals surface area contributed by atoms with Gasteiger partial charge in [0.2, 0.25) is 6.10 Å². The fraction of sp³-hybridized carbons (Fsp3) is 0.286. The summed E-state index contributed by atoms with van der Waals surface area (Å²) in [5.74, 6) is 1.11. The van der Waals surface area contributed by atoms with E-state index in [1.807, 2.05) is 24.3 Å². The van der Waals surface area contributed by atoms with Crippen molar-refractivity contribution < 1.29 is 14.3 Å². The highest BCUT2D eigenvalue weighted by molar-refractivity contribution is 5.88. The molecular formula is C21H22N2O3. The number of H-pyrrole nitrogens is 1. The molecule has 3 aromatic rings. The molecule has 0 aliphatic carbocycles. The van der Waals surface area contributed by atoms with E-state index in [9.17, 15) is 4.79 Å². The lowest BCUT2D eigenvalue weighted by molar-refractivity contribution is -0.130. The lowest BCUT2D eigenvalue weighted by Crippen LogP contribution is -2.43. The van der Waals surface area contributed by atoms with Gasteiger partial charge in [-0.15, -0.1) is 0 Å². The summed E-state index contributed by atoms with van der Waals surface area (Å²) in [6, 6.07) is 11.7. The van der Waals surface area contributed by atoms with E-state index in [1.54, 1.807) is 0 Å². The van der Waals surface area contributed by atoms with Gasteiger partial charge < -0.3 is 19.8 Å². The van der Waals surface area contributed by atoms with E-state index >= 15 is 0 Å². The summed E-state index contributed by atoms with van der Waals surface area (Å²) in [7, 11) is 0. The Kier molecular flexibility index (Phi) is 4.07. The van der Waals surface area contributed by atoms with Gasteiger partial charge in [-0.05, 0) is 50.1 Å². The van der Waals surface area contributed by atoms with Crippen molar-refractivity contribution in [1.82, 2.24) is 10.3 Å². The van der Waals surface area contributed by atoms with Crippen molar-refractivity contribution in [3.63, 3.8) is 0 Å². The Hall–Kier alpha value is -2.95. The van der Waals surface area contributed by atoms with E-state index in [2.05, 4.69) is 43.2 Å². The number of para-hydroxylation sites is 2. The number of hydrogen-bond donors (Lipinski definition) is 2. The first-order valence-electron chi connectivity index (χ1n) is 8.77. The molecule has 1 aromatic heterocycles. The van der Waals surface area contributed by atoms with E-state index in [-0.39, 0.29) is 12.5 Å². The fourth-order valence-electron chi connectivity index (χ4n) is 3.37. The maximum Gasteiger partial charge on any atom is 0.264 e. The minimum Gasteiger partial charge on any atom is -0.485 e. The molecule has 1 aliphatic rings. The third-order valence-corrected chi connectivity index (χ3v) is 4.90. The number of fused-ring (bicyclic) bond motifs is 2. The van der Waals surface area contributed by atoms with Crippen molar-refractivity contribution in [1.29, 1.82) is 0 Å². The highest BCUT2D eigenvalue weighted by Gasteiger charge is 2.27. The van der Waals surface area contributed by atoms with Crippen LogP contribution in [0.5, 0.6) is 11.5 Å². The number of aromatic amines is 1. The monoisotopic (exact) mass is 350 g/mol. The Morgan fingerprint density at radius 2 is 1.96 bits per heavy atom. The summed E-state index contributed by atoms with van der Waals surface area (Å²) in [5, 5.41) is 4.19. The molecule has 26 heavy (non-hydrogen) atoms. The molecule has 0 saturated heterocycles. The normalized spacial score (nSPS) is 15.9. The van der Waals surface area contributed by atoms with Crippen LogP contribution in [0.25, 0.3) is 10.9 Å². The summed E-state index contributed by atoms with van der Waals surface area (Å²) in [4.78, 5) is 16.0. The number of carbonyl (C=O) groups is 1. The third-order valence-electron chi connectivity index (χ3n) is 4.90. The summed E-state index contributed by atoms with van der Waals surface area (Å²) in [6.07, 6.45) is -0.641. The van der Waals surface area contributed by atoms with Gasteiger partial charge in [0.05, 0.1) is 5.52 Å². The van der Waals surface area contributed by atoms with E-state index in [0.29, 0.717) is 18.0 Å². The van der Waals surface area contributed by atoms with Crippen LogP contribution < -0.4 is 14.8 Å². The van der Waals surface area contributed by atoms with Gasteiger partial charge in [0.15, 0.2) is 11.5 Å². The van der Waals surface area contributed by atoms with Crippen LogP contribution in [0.2, 0.25) is 0 Å². The van der Waals surface area contributed by atoms with Crippen molar-refractivity contribution >= 4 is 16.8 Å². The molecule has 2 aromatic carbocycles. The number of aromatic nitrogens is 1.